The average molecular weight is 354 g/mol. The van der Waals surface area contributed by atoms with Crippen molar-refractivity contribution in [2.75, 3.05) is 19.3 Å². The van der Waals surface area contributed by atoms with Crippen molar-refractivity contribution in [1.82, 2.24) is 20.0 Å². The molecule has 2 aromatic rings. The monoisotopic (exact) mass is 354 g/mol. The van der Waals surface area contributed by atoms with Crippen molar-refractivity contribution in [1.29, 1.82) is 0 Å². The lowest BCUT2D eigenvalue weighted by atomic mass is 10.3. The lowest BCUT2D eigenvalue weighted by Gasteiger charge is -2.17. The summed E-state index contributed by atoms with van der Waals surface area (Å²) in [5.74, 6) is 0. The van der Waals surface area contributed by atoms with Crippen LogP contribution in [0.3, 0.4) is 0 Å². The second-order valence-electron chi connectivity index (χ2n) is 5.53. The fourth-order valence-electron chi connectivity index (χ4n) is 2.57. The molecule has 0 saturated carbocycles. The molecule has 0 bridgehead atoms. The summed E-state index contributed by atoms with van der Waals surface area (Å²) in [5, 5.41) is 7.06. The van der Waals surface area contributed by atoms with Crippen molar-refractivity contribution >= 4 is 27.2 Å². The van der Waals surface area contributed by atoms with Gasteiger partial charge in [-0.3, -0.25) is 4.68 Å². The Balaban J connectivity index is 1.53. The first-order valence-electron chi connectivity index (χ1n) is 7.24. The Bertz CT molecular complexity index is 783. The van der Waals surface area contributed by atoms with Gasteiger partial charge in [-0.15, -0.1) is 11.3 Å². The number of urea groups is 1. The SMILES string of the molecule is CS(=O)(=O)c1ccc(CNC(=O)N2CCC(n3cccn3)C2)s1. The van der Waals surface area contributed by atoms with Crippen LogP contribution >= 0.6 is 11.3 Å². The van der Waals surface area contributed by atoms with E-state index in [2.05, 4.69) is 10.4 Å². The van der Waals surface area contributed by atoms with Gasteiger partial charge in [-0.2, -0.15) is 5.10 Å². The Kier molecular flexibility index (Phi) is 4.40. The number of amides is 2. The molecule has 9 heteroatoms. The molecule has 1 N–H and O–H groups in total. The van der Waals surface area contributed by atoms with Gasteiger partial charge in [0.1, 0.15) is 4.21 Å². The van der Waals surface area contributed by atoms with Crippen molar-refractivity contribution in [3.05, 3.63) is 35.5 Å². The number of likely N-dealkylation sites (tertiary alicyclic amines) is 1. The minimum absolute atomic E-state index is 0.131. The number of hydrogen-bond acceptors (Lipinski definition) is 5. The zero-order valence-corrected chi connectivity index (χ0v) is 14.3. The van der Waals surface area contributed by atoms with Crippen LogP contribution in [-0.4, -0.2) is 48.5 Å². The summed E-state index contributed by atoms with van der Waals surface area (Å²) in [5.41, 5.74) is 0. The van der Waals surface area contributed by atoms with E-state index in [1.165, 1.54) is 17.6 Å². The Morgan fingerprint density at radius 2 is 2.30 bits per heavy atom. The third-order valence-corrected chi connectivity index (χ3v) is 6.67. The van der Waals surface area contributed by atoms with E-state index in [9.17, 15) is 13.2 Å². The maximum absolute atomic E-state index is 12.2. The number of rotatable bonds is 4. The van der Waals surface area contributed by atoms with Gasteiger partial charge in [0.15, 0.2) is 9.84 Å². The van der Waals surface area contributed by atoms with Gasteiger partial charge in [0.05, 0.1) is 12.6 Å². The Labute approximate surface area is 138 Å². The molecule has 0 spiro atoms. The van der Waals surface area contributed by atoms with E-state index in [0.717, 1.165) is 11.3 Å². The minimum atomic E-state index is -3.18. The summed E-state index contributed by atoms with van der Waals surface area (Å²) >= 11 is 1.19. The van der Waals surface area contributed by atoms with Crippen molar-refractivity contribution < 1.29 is 13.2 Å². The summed E-state index contributed by atoms with van der Waals surface area (Å²) in [6.45, 7) is 1.66. The average Bonchev–Trinajstić information content (AvgIpc) is 3.22. The molecule has 2 aromatic heterocycles. The number of sulfone groups is 1. The highest BCUT2D eigenvalue weighted by atomic mass is 32.2. The van der Waals surface area contributed by atoms with Crippen LogP contribution in [0.1, 0.15) is 17.3 Å². The number of nitrogens with zero attached hydrogens (tertiary/aromatic N) is 3. The molecule has 23 heavy (non-hydrogen) atoms. The van der Waals surface area contributed by atoms with Crippen LogP contribution in [0, 0.1) is 0 Å². The quantitative estimate of drug-likeness (QED) is 0.902. The van der Waals surface area contributed by atoms with Crippen LogP contribution in [0.4, 0.5) is 4.79 Å². The first-order valence-corrected chi connectivity index (χ1v) is 9.95. The van der Waals surface area contributed by atoms with Gasteiger partial charge < -0.3 is 10.2 Å². The van der Waals surface area contributed by atoms with E-state index in [0.29, 0.717) is 23.8 Å². The smallest absolute Gasteiger partial charge is 0.317 e. The van der Waals surface area contributed by atoms with Gasteiger partial charge in [-0.1, -0.05) is 0 Å². The van der Waals surface area contributed by atoms with Crippen molar-refractivity contribution in [2.45, 2.75) is 23.2 Å². The summed E-state index contributed by atoms with van der Waals surface area (Å²) in [4.78, 5) is 14.8. The summed E-state index contributed by atoms with van der Waals surface area (Å²) < 4.78 is 25.1. The summed E-state index contributed by atoms with van der Waals surface area (Å²) in [7, 11) is -3.18. The minimum Gasteiger partial charge on any atom is -0.333 e. The third kappa shape index (κ3) is 3.73. The summed E-state index contributed by atoms with van der Waals surface area (Å²) in [6.07, 6.45) is 5.70. The highest BCUT2D eigenvalue weighted by Gasteiger charge is 2.27. The van der Waals surface area contributed by atoms with Crippen LogP contribution in [-0.2, 0) is 16.4 Å². The van der Waals surface area contributed by atoms with Crippen molar-refractivity contribution in [3.63, 3.8) is 0 Å². The molecule has 1 saturated heterocycles. The molecule has 3 rings (SSSR count). The zero-order chi connectivity index (χ0) is 16.4. The lowest BCUT2D eigenvalue weighted by molar-refractivity contribution is 0.206. The van der Waals surface area contributed by atoms with Crippen LogP contribution < -0.4 is 5.32 Å². The maximum Gasteiger partial charge on any atom is 0.317 e. The molecule has 7 nitrogen and oxygen atoms in total. The molecule has 0 aliphatic carbocycles. The second-order valence-corrected chi connectivity index (χ2v) is 8.94. The molecule has 0 radical (unpaired) electrons. The fraction of sp³-hybridized carbons (Fsp3) is 0.429. The largest absolute Gasteiger partial charge is 0.333 e. The molecule has 2 amide bonds. The van der Waals surface area contributed by atoms with Gasteiger partial charge >= 0.3 is 6.03 Å². The van der Waals surface area contributed by atoms with E-state index in [4.69, 9.17) is 0 Å². The molecule has 124 valence electrons. The molecule has 1 atom stereocenters. The number of carbonyl (C=O) groups is 1. The third-order valence-electron chi connectivity index (χ3n) is 3.77. The Morgan fingerprint density at radius 1 is 1.48 bits per heavy atom. The van der Waals surface area contributed by atoms with Crippen LogP contribution in [0.5, 0.6) is 0 Å². The van der Waals surface area contributed by atoms with E-state index in [-0.39, 0.29) is 12.1 Å². The van der Waals surface area contributed by atoms with Gasteiger partial charge in [0.25, 0.3) is 0 Å². The molecule has 3 heterocycles. The number of aromatic nitrogens is 2. The predicted molar refractivity (Wildman–Crippen MR) is 87.1 cm³/mol. The molecule has 1 aliphatic rings. The Morgan fingerprint density at radius 3 is 2.96 bits per heavy atom. The topological polar surface area (TPSA) is 84.3 Å². The van der Waals surface area contributed by atoms with Gasteiger partial charge in [0.2, 0.25) is 0 Å². The second kappa shape index (κ2) is 6.32. The maximum atomic E-state index is 12.2. The highest BCUT2D eigenvalue weighted by molar-refractivity contribution is 7.92. The van der Waals surface area contributed by atoms with Gasteiger partial charge in [0, 0.05) is 36.6 Å². The van der Waals surface area contributed by atoms with Gasteiger partial charge in [-0.05, 0) is 24.6 Å². The predicted octanol–water partition coefficient (Wildman–Crippen LogP) is 1.50. The molecule has 1 unspecified atom stereocenters. The first kappa shape index (κ1) is 16.0. The zero-order valence-electron chi connectivity index (χ0n) is 12.7. The van der Waals surface area contributed by atoms with Gasteiger partial charge in [-0.25, -0.2) is 13.2 Å². The van der Waals surface area contributed by atoms with E-state index < -0.39 is 9.84 Å². The van der Waals surface area contributed by atoms with Crippen LogP contribution in [0.25, 0.3) is 0 Å². The number of nitrogens with one attached hydrogen (secondary N) is 1. The molecular formula is C14H18N4O3S2. The van der Waals surface area contributed by atoms with Crippen LogP contribution in [0.15, 0.2) is 34.8 Å². The van der Waals surface area contributed by atoms with E-state index >= 15 is 0 Å². The van der Waals surface area contributed by atoms with Crippen molar-refractivity contribution in [2.24, 2.45) is 0 Å². The van der Waals surface area contributed by atoms with E-state index in [1.54, 1.807) is 23.2 Å². The number of thiophene rings is 1. The van der Waals surface area contributed by atoms with E-state index in [1.807, 2.05) is 16.9 Å². The van der Waals surface area contributed by atoms with Crippen LogP contribution in [0.2, 0.25) is 0 Å². The normalized spacial score (nSPS) is 18.3. The summed E-state index contributed by atoms with van der Waals surface area (Å²) in [6, 6.07) is 5.27. The van der Waals surface area contributed by atoms with Crippen molar-refractivity contribution in [3.8, 4) is 0 Å². The standard InChI is InChI=1S/C14H18N4O3S2/c1-23(20,21)13-4-3-12(22-13)9-15-14(19)17-8-5-11(10-17)18-7-2-6-16-18/h2-4,6-7,11H,5,8-10H2,1H3,(H,15,19). The molecule has 0 aromatic carbocycles. The molecule has 1 aliphatic heterocycles. The molecule has 1 fully saturated rings. The number of hydrogen-bond donors (Lipinski definition) is 1. The fourth-order valence-corrected chi connectivity index (χ4v) is 4.48. The Hall–Kier alpha value is -1.87. The molecular weight excluding hydrogens is 336 g/mol. The first-order chi connectivity index (χ1) is 10.9. The highest BCUT2D eigenvalue weighted by Crippen LogP contribution is 2.22. The lowest BCUT2D eigenvalue weighted by Crippen LogP contribution is -2.38. The number of carbonyl (C=O) groups excluding carboxylic acids is 1.